The van der Waals surface area contributed by atoms with Crippen LogP contribution in [-0.2, 0) is 13.6 Å². The van der Waals surface area contributed by atoms with E-state index in [1.165, 1.54) is 11.8 Å². The van der Waals surface area contributed by atoms with Crippen LogP contribution in [0.5, 0.6) is 0 Å². The predicted octanol–water partition coefficient (Wildman–Crippen LogP) is 4.87. The molecule has 0 unspecified atom stereocenters. The van der Waals surface area contributed by atoms with Crippen LogP contribution in [0.1, 0.15) is 52.9 Å². The van der Waals surface area contributed by atoms with Crippen molar-refractivity contribution < 1.29 is 13.6 Å². The van der Waals surface area contributed by atoms with E-state index < -0.39 is 7.60 Å². The van der Waals surface area contributed by atoms with Crippen molar-refractivity contribution in [3.8, 4) is 10.9 Å². The SMILES string of the molecule is CCCCOP(=O)(C#CSCCC)OCCCC. The zero-order chi connectivity index (χ0) is 13.7. The smallest absolute Gasteiger partial charge is 0.299 e. The lowest BCUT2D eigenvalue weighted by molar-refractivity contribution is 0.209. The Morgan fingerprint density at radius 2 is 1.56 bits per heavy atom. The van der Waals surface area contributed by atoms with E-state index in [0.29, 0.717) is 13.2 Å². The Balaban J connectivity index is 4.27. The molecule has 0 aromatic heterocycles. The van der Waals surface area contributed by atoms with Gasteiger partial charge in [0.2, 0.25) is 0 Å². The van der Waals surface area contributed by atoms with Crippen molar-refractivity contribution >= 4 is 19.4 Å². The lowest BCUT2D eigenvalue weighted by Crippen LogP contribution is -1.97. The monoisotopic (exact) mass is 292 g/mol. The molecule has 0 radical (unpaired) electrons. The molecule has 0 N–H and O–H groups in total. The van der Waals surface area contributed by atoms with E-state index in [0.717, 1.165) is 37.9 Å². The maximum Gasteiger partial charge on any atom is 0.406 e. The van der Waals surface area contributed by atoms with Crippen molar-refractivity contribution in [2.24, 2.45) is 0 Å². The van der Waals surface area contributed by atoms with E-state index in [-0.39, 0.29) is 0 Å². The molecule has 0 amide bonds. The molecular weight excluding hydrogens is 267 g/mol. The van der Waals surface area contributed by atoms with Gasteiger partial charge in [0.05, 0.1) is 13.2 Å². The normalized spacial score (nSPS) is 11.1. The summed E-state index contributed by atoms with van der Waals surface area (Å²) in [6, 6.07) is 0. The summed E-state index contributed by atoms with van der Waals surface area (Å²) in [5, 5.41) is 2.83. The van der Waals surface area contributed by atoms with E-state index in [1.54, 1.807) is 0 Å². The van der Waals surface area contributed by atoms with Crippen LogP contribution in [0.4, 0.5) is 0 Å². The summed E-state index contributed by atoms with van der Waals surface area (Å²) in [5.74, 6) is 0.941. The molecule has 5 heteroatoms. The molecule has 0 aliphatic carbocycles. The lowest BCUT2D eigenvalue weighted by atomic mass is 10.4. The third-order valence-corrected chi connectivity index (χ3v) is 4.52. The van der Waals surface area contributed by atoms with Gasteiger partial charge in [-0.05, 0) is 24.5 Å². The van der Waals surface area contributed by atoms with Gasteiger partial charge >= 0.3 is 7.60 Å². The number of hydrogen-bond donors (Lipinski definition) is 0. The van der Waals surface area contributed by atoms with Gasteiger partial charge in [-0.1, -0.05) is 45.4 Å². The summed E-state index contributed by atoms with van der Waals surface area (Å²) >= 11 is 1.47. The predicted molar refractivity (Wildman–Crippen MR) is 79.9 cm³/mol. The Kier molecular flexibility index (Phi) is 12.2. The van der Waals surface area contributed by atoms with E-state index >= 15 is 0 Å². The first-order valence-electron chi connectivity index (χ1n) is 6.71. The molecule has 0 aliphatic heterocycles. The van der Waals surface area contributed by atoms with Gasteiger partial charge < -0.3 is 0 Å². The van der Waals surface area contributed by atoms with Gasteiger partial charge in [-0.2, -0.15) is 0 Å². The summed E-state index contributed by atoms with van der Waals surface area (Å²) in [4.78, 5) is 0. The average molecular weight is 292 g/mol. The molecule has 18 heavy (non-hydrogen) atoms. The Hall–Kier alpha value is 0.0600. The number of rotatable bonds is 10. The molecule has 0 bridgehead atoms. The number of hydrogen-bond acceptors (Lipinski definition) is 4. The van der Waals surface area contributed by atoms with Gasteiger partial charge in [-0.15, -0.1) is 0 Å². The van der Waals surface area contributed by atoms with Gasteiger partial charge in [-0.25, -0.2) is 4.57 Å². The first kappa shape index (κ1) is 18.1. The van der Waals surface area contributed by atoms with Crippen molar-refractivity contribution in [2.45, 2.75) is 52.9 Å². The Labute approximate surface area is 116 Å². The summed E-state index contributed by atoms with van der Waals surface area (Å²) in [6.07, 6.45) is 4.83. The molecule has 106 valence electrons. The van der Waals surface area contributed by atoms with Crippen LogP contribution in [0, 0.1) is 10.9 Å². The van der Waals surface area contributed by atoms with Crippen LogP contribution < -0.4 is 0 Å². The van der Waals surface area contributed by atoms with Crippen LogP contribution >= 0.6 is 19.4 Å². The Morgan fingerprint density at radius 1 is 1.00 bits per heavy atom. The molecule has 0 spiro atoms. The third-order valence-electron chi connectivity index (χ3n) is 2.08. The molecule has 3 nitrogen and oxygen atoms in total. The second-order valence-corrected chi connectivity index (χ2v) is 6.57. The van der Waals surface area contributed by atoms with Gasteiger partial charge in [-0.3, -0.25) is 9.05 Å². The standard InChI is InChI=1S/C13H25O3PS/c1-4-7-9-15-17(14,16-10-8-5-2)11-13-18-12-6-3/h4-10,12H2,1-3H3. The summed E-state index contributed by atoms with van der Waals surface area (Å²) in [7, 11) is -3.20. The van der Waals surface area contributed by atoms with Crippen LogP contribution in [0.2, 0.25) is 0 Å². The molecule has 0 aromatic carbocycles. The fraction of sp³-hybridized carbons (Fsp3) is 0.846. The molecular formula is C13H25O3PS. The maximum absolute atomic E-state index is 12.3. The van der Waals surface area contributed by atoms with Gasteiger partial charge in [0, 0.05) is 11.4 Å². The lowest BCUT2D eigenvalue weighted by Gasteiger charge is -2.12. The van der Waals surface area contributed by atoms with E-state index in [1.807, 2.05) is 0 Å². The number of unbranched alkanes of at least 4 members (excludes halogenated alkanes) is 2. The van der Waals surface area contributed by atoms with E-state index in [9.17, 15) is 4.57 Å². The van der Waals surface area contributed by atoms with Crippen LogP contribution in [0.25, 0.3) is 0 Å². The maximum atomic E-state index is 12.3. The number of thioether (sulfide) groups is 1. The second-order valence-electron chi connectivity index (χ2n) is 3.93. The molecule has 0 saturated heterocycles. The first-order valence-corrected chi connectivity index (χ1v) is 9.24. The summed E-state index contributed by atoms with van der Waals surface area (Å²) in [5.41, 5.74) is 2.67. The molecule has 0 aromatic rings. The van der Waals surface area contributed by atoms with Crippen molar-refractivity contribution in [1.29, 1.82) is 0 Å². The Morgan fingerprint density at radius 3 is 2.00 bits per heavy atom. The van der Waals surface area contributed by atoms with Gasteiger partial charge in [0.1, 0.15) is 0 Å². The quantitative estimate of drug-likeness (QED) is 0.327. The van der Waals surface area contributed by atoms with Gasteiger partial charge in [0.25, 0.3) is 0 Å². The fourth-order valence-electron chi connectivity index (χ4n) is 1.00. The van der Waals surface area contributed by atoms with Crippen molar-refractivity contribution in [1.82, 2.24) is 0 Å². The molecule has 0 atom stereocenters. The molecule has 0 heterocycles. The van der Waals surface area contributed by atoms with Crippen LogP contribution in [0.3, 0.4) is 0 Å². The average Bonchev–Trinajstić information content (AvgIpc) is 2.36. The fourth-order valence-corrected chi connectivity index (χ4v) is 2.96. The molecule has 0 aliphatic rings. The highest BCUT2D eigenvalue weighted by Crippen LogP contribution is 2.47. The minimum Gasteiger partial charge on any atom is -0.299 e. The summed E-state index contributed by atoms with van der Waals surface area (Å²) < 4.78 is 23.0. The highest BCUT2D eigenvalue weighted by Gasteiger charge is 2.21. The first-order chi connectivity index (χ1) is 8.68. The van der Waals surface area contributed by atoms with Gasteiger partial charge in [0.15, 0.2) is 0 Å². The zero-order valence-electron chi connectivity index (χ0n) is 11.7. The second kappa shape index (κ2) is 12.1. The molecule has 0 rings (SSSR count). The minimum atomic E-state index is -3.20. The topological polar surface area (TPSA) is 35.5 Å². The highest BCUT2D eigenvalue weighted by atomic mass is 32.2. The van der Waals surface area contributed by atoms with E-state index in [4.69, 9.17) is 9.05 Å². The van der Waals surface area contributed by atoms with Crippen molar-refractivity contribution in [3.63, 3.8) is 0 Å². The Bertz CT molecular complexity index is 282. The zero-order valence-corrected chi connectivity index (χ0v) is 13.4. The van der Waals surface area contributed by atoms with Crippen LogP contribution in [-0.4, -0.2) is 19.0 Å². The highest BCUT2D eigenvalue weighted by molar-refractivity contribution is 8.04. The third kappa shape index (κ3) is 10.0. The summed E-state index contributed by atoms with van der Waals surface area (Å²) in [6.45, 7) is 7.12. The molecule has 0 fully saturated rings. The largest absolute Gasteiger partial charge is 0.406 e. The van der Waals surface area contributed by atoms with E-state index in [2.05, 4.69) is 31.7 Å². The minimum absolute atomic E-state index is 0.451. The van der Waals surface area contributed by atoms with Crippen molar-refractivity contribution in [2.75, 3.05) is 19.0 Å². The molecule has 0 saturated carbocycles. The van der Waals surface area contributed by atoms with Crippen LogP contribution in [0.15, 0.2) is 0 Å². The van der Waals surface area contributed by atoms with Crippen molar-refractivity contribution in [3.05, 3.63) is 0 Å².